The van der Waals surface area contributed by atoms with Gasteiger partial charge in [0.15, 0.2) is 0 Å². The second-order valence-corrected chi connectivity index (χ2v) is 4.16. The van der Waals surface area contributed by atoms with Gasteiger partial charge in [0, 0.05) is 18.1 Å². The summed E-state index contributed by atoms with van der Waals surface area (Å²) in [6, 6.07) is 9.69. The Balaban J connectivity index is 2.35. The average Bonchev–Trinajstić information content (AvgIpc) is 2.44. The molecule has 0 fully saturated rings. The maximum absolute atomic E-state index is 11.6. The lowest BCUT2D eigenvalue weighted by Gasteiger charge is -2.19. The first kappa shape index (κ1) is 13.0. The summed E-state index contributed by atoms with van der Waals surface area (Å²) in [7, 11) is 0. The number of nitrogens with zero attached hydrogens (tertiary/aromatic N) is 2. The third-order valence-corrected chi connectivity index (χ3v) is 2.98. The lowest BCUT2D eigenvalue weighted by molar-refractivity contribution is -0.144. The Hall–Kier alpha value is -2.43. The van der Waals surface area contributed by atoms with Gasteiger partial charge in [-0.05, 0) is 18.4 Å². The number of nitrogens with two attached hydrogens (primary N) is 1. The van der Waals surface area contributed by atoms with Crippen molar-refractivity contribution in [2.45, 2.75) is 13.5 Å². The van der Waals surface area contributed by atoms with Gasteiger partial charge >= 0.3 is 11.8 Å². The number of likely N-dealkylation sites (N-methyl/N-ethyl adjacent to an activating group) is 1. The summed E-state index contributed by atoms with van der Waals surface area (Å²) in [6.07, 6.45) is 1.69. The summed E-state index contributed by atoms with van der Waals surface area (Å²) in [5.74, 6) is -1.63. The van der Waals surface area contributed by atoms with Gasteiger partial charge in [-0.3, -0.25) is 14.6 Å². The zero-order chi connectivity index (χ0) is 13.8. The van der Waals surface area contributed by atoms with Gasteiger partial charge in [-0.2, -0.15) is 0 Å². The number of primary amides is 1. The highest BCUT2D eigenvalue weighted by atomic mass is 16.2. The van der Waals surface area contributed by atoms with Crippen LogP contribution in [0.15, 0.2) is 36.5 Å². The monoisotopic (exact) mass is 257 g/mol. The molecule has 0 spiro atoms. The predicted molar refractivity (Wildman–Crippen MR) is 72.0 cm³/mol. The fraction of sp³-hybridized carbons (Fsp3) is 0.214. The lowest BCUT2D eigenvalue weighted by Crippen LogP contribution is -2.39. The van der Waals surface area contributed by atoms with Crippen LogP contribution < -0.4 is 5.73 Å². The first-order chi connectivity index (χ1) is 9.13. The van der Waals surface area contributed by atoms with Crippen molar-refractivity contribution in [2.24, 2.45) is 5.73 Å². The Morgan fingerprint density at radius 2 is 2.00 bits per heavy atom. The summed E-state index contributed by atoms with van der Waals surface area (Å²) in [5.41, 5.74) is 5.79. The van der Waals surface area contributed by atoms with Crippen molar-refractivity contribution in [3.8, 4) is 0 Å². The van der Waals surface area contributed by atoms with E-state index in [1.807, 2.05) is 30.3 Å². The Morgan fingerprint density at radius 1 is 1.26 bits per heavy atom. The molecule has 98 valence electrons. The Labute approximate surface area is 111 Å². The van der Waals surface area contributed by atoms with Crippen molar-refractivity contribution >= 4 is 22.6 Å². The smallest absolute Gasteiger partial charge is 0.312 e. The van der Waals surface area contributed by atoms with Gasteiger partial charge in [0.1, 0.15) is 0 Å². The minimum absolute atomic E-state index is 0.277. The molecule has 1 heterocycles. The number of carbonyl (C=O) groups excluding carboxylic acids is 2. The topological polar surface area (TPSA) is 76.3 Å². The number of carbonyl (C=O) groups is 2. The molecule has 0 saturated heterocycles. The summed E-state index contributed by atoms with van der Waals surface area (Å²) >= 11 is 0. The molecule has 0 aliphatic carbocycles. The lowest BCUT2D eigenvalue weighted by atomic mass is 10.1. The van der Waals surface area contributed by atoms with Crippen molar-refractivity contribution in [1.82, 2.24) is 9.88 Å². The van der Waals surface area contributed by atoms with Gasteiger partial charge < -0.3 is 10.6 Å². The Bertz CT molecular complexity index is 620. The van der Waals surface area contributed by atoms with E-state index in [-0.39, 0.29) is 6.54 Å². The third kappa shape index (κ3) is 2.70. The van der Waals surface area contributed by atoms with E-state index in [1.165, 1.54) is 4.90 Å². The molecule has 2 aromatic rings. The molecule has 0 radical (unpaired) electrons. The SMILES string of the molecule is CCN(Cc1nccc2ccccc12)C(=O)C(N)=O. The van der Waals surface area contributed by atoms with Gasteiger partial charge in [0.2, 0.25) is 0 Å². The van der Waals surface area contributed by atoms with Gasteiger partial charge in [-0.15, -0.1) is 0 Å². The van der Waals surface area contributed by atoms with Crippen LogP contribution in [-0.2, 0) is 16.1 Å². The summed E-state index contributed by atoms with van der Waals surface area (Å²) < 4.78 is 0. The third-order valence-electron chi connectivity index (χ3n) is 2.98. The van der Waals surface area contributed by atoms with Crippen LogP contribution in [0, 0.1) is 0 Å². The summed E-state index contributed by atoms with van der Waals surface area (Å²) in [4.78, 5) is 28.3. The van der Waals surface area contributed by atoms with E-state index >= 15 is 0 Å². The number of benzene rings is 1. The van der Waals surface area contributed by atoms with Crippen molar-refractivity contribution in [2.75, 3.05) is 6.54 Å². The van der Waals surface area contributed by atoms with E-state index in [1.54, 1.807) is 13.1 Å². The van der Waals surface area contributed by atoms with Crippen LogP contribution in [0.3, 0.4) is 0 Å². The molecule has 5 heteroatoms. The number of aromatic nitrogens is 1. The number of hydrogen-bond donors (Lipinski definition) is 1. The fourth-order valence-electron chi connectivity index (χ4n) is 1.97. The van der Waals surface area contributed by atoms with Crippen LogP contribution in [0.4, 0.5) is 0 Å². The molecular weight excluding hydrogens is 242 g/mol. The maximum atomic E-state index is 11.6. The van der Waals surface area contributed by atoms with Gasteiger partial charge in [0.05, 0.1) is 12.2 Å². The highest BCUT2D eigenvalue weighted by Crippen LogP contribution is 2.17. The van der Waals surface area contributed by atoms with Crippen LogP contribution in [0.1, 0.15) is 12.6 Å². The van der Waals surface area contributed by atoms with Crippen molar-refractivity contribution in [1.29, 1.82) is 0 Å². The van der Waals surface area contributed by atoms with Crippen LogP contribution in [0.5, 0.6) is 0 Å². The molecule has 1 aromatic heterocycles. The first-order valence-electron chi connectivity index (χ1n) is 6.04. The summed E-state index contributed by atoms with van der Waals surface area (Å²) in [5, 5.41) is 2.02. The normalized spacial score (nSPS) is 10.4. The fourth-order valence-corrected chi connectivity index (χ4v) is 1.97. The number of fused-ring (bicyclic) bond motifs is 1. The van der Waals surface area contributed by atoms with E-state index < -0.39 is 11.8 Å². The highest BCUT2D eigenvalue weighted by molar-refractivity contribution is 6.34. The minimum Gasteiger partial charge on any atom is -0.361 e. The molecule has 0 atom stereocenters. The zero-order valence-electron chi connectivity index (χ0n) is 10.7. The van der Waals surface area contributed by atoms with E-state index in [9.17, 15) is 9.59 Å². The highest BCUT2D eigenvalue weighted by Gasteiger charge is 2.18. The first-order valence-corrected chi connectivity index (χ1v) is 6.04. The molecule has 0 aliphatic heterocycles. The van der Waals surface area contributed by atoms with Crippen LogP contribution in [-0.4, -0.2) is 28.2 Å². The summed E-state index contributed by atoms with van der Waals surface area (Å²) in [6.45, 7) is 2.48. The molecule has 0 aliphatic rings. The number of rotatable bonds is 3. The molecular formula is C14H15N3O2. The quantitative estimate of drug-likeness (QED) is 0.835. The van der Waals surface area contributed by atoms with Crippen LogP contribution in [0.25, 0.3) is 10.8 Å². The van der Waals surface area contributed by atoms with E-state index in [0.29, 0.717) is 6.54 Å². The molecule has 0 bridgehead atoms. The van der Waals surface area contributed by atoms with E-state index in [0.717, 1.165) is 16.5 Å². The molecule has 0 unspecified atom stereocenters. The number of hydrogen-bond acceptors (Lipinski definition) is 3. The van der Waals surface area contributed by atoms with Crippen molar-refractivity contribution in [3.63, 3.8) is 0 Å². The molecule has 0 saturated carbocycles. The van der Waals surface area contributed by atoms with E-state index in [2.05, 4.69) is 4.98 Å². The van der Waals surface area contributed by atoms with E-state index in [4.69, 9.17) is 5.73 Å². The number of pyridine rings is 1. The second-order valence-electron chi connectivity index (χ2n) is 4.16. The standard InChI is InChI=1S/C14H15N3O2/c1-2-17(14(19)13(15)18)9-12-11-6-4-3-5-10(11)7-8-16-12/h3-8H,2,9H2,1H3,(H2,15,18). The minimum atomic E-state index is -0.943. The average molecular weight is 257 g/mol. The number of amides is 2. The zero-order valence-corrected chi connectivity index (χ0v) is 10.7. The Kier molecular flexibility index (Phi) is 3.75. The van der Waals surface area contributed by atoms with Gasteiger partial charge in [0.25, 0.3) is 0 Å². The Morgan fingerprint density at radius 3 is 2.68 bits per heavy atom. The van der Waals surface area contributed by atoms with Gasteiger partial charge in [-0.25, -0.2) is 0 Å². The maximum Gasteiger partial charge on any atom is 0.312 e. The molecule has 2 rings (SSSR count). The second kappa shape index (κ2) is 5.48. The predicted octanol–water partition coefficient (Wildman–Crippen LogP) is 1.07. The van der Waals surface area contributed by atoms with Gasteiger partial charge in [-0.1, -0.05) is 24.3 Å². The van der Waals surface area contributed by atoms with Crippen LogP contribution in [0.2, 0.25) is 0 Å². The molecule has 2 N–H and O–H groups in total. The van der Waals surface area contributed by atoms with Crippen molar-refractivity contribution < 1.29 is 9.59 Å². The molecule has 1 aromatic carbocycles. The molecule has 19 heavy (non-hydrogen) atoms. The largest absolute Gasteiger partial charge is 0.361 e. The van der Waals surface area contributed by atoms with Crippen LogP contribution >= 0.6 is 0 Å². The molecule has 2 amide bonds. The molecule has 5 nitrogen and oxygen atoms in total. The van der Waals surface area contributed by atoms with Crippen molar-refractivity contribution in [3.05, 3.63) is 42.2 Å².